The maximum atomic E-state index is 10.3. The van der Waals surface area contributed by atoms with Crippen LogP contribution in [0.1, 0.15) is 21.3 Å². The molecular formula is C5H15NO2S. The van der Waals surface area contributed by atoms with E-state index in [2.05, 4.69) is 4.72 Å². The minimum atomic E-state index is -2.97. The fraction of sp³-hybridized carbons (Fsp3) is 1.00. The van der Waals surface area contributed by atoms with E-state index < -0.39 is 10.0 Å². The summed E-state index contributed by atoms with van der Waals surface area (Å²) < 4.78 is 23.0. The Labute approximate surface area is 57.5 Å². The fourth-order valence-corrected chi connectivity index (χ4v) is 1.28. The molecule has 0 aliphatic heterocycles. The van der Waals surface area contributed by atoms with Crippen LogP contribution in [0.15, 0.2) is 0 Å². The van der Waals surface area contributed by atoms with Crippen molar-refractivity contribution in [1.29, 1.82) is 0 Å². The van der Waals surface area contributed by atoms with Crippen LogP contribution in [0, 0.1) is 0 Å². The second kappa shape index (κ2) is 3.85. The average Bonchev–Trinajstić information content (AvgIpc) is 1.21. The van der Waals surface area contributed by atoms with Gasteiger partial charge in [0.25, 0.3) is 0 Å². The Balaban J connectivity index is 0. The highest BCUT2D eigenvalue weighted by molar-refractivity contribution is 7.88. The van der Waals surface area contributed by atoms with Crippen LogP contribution in [0.5, 0.6) is 0 Å². The van der Waals surface area contributed by atoms with Crippen LogP contribution < -0.4 is 4.72 Å². The summed E-state index contributed by atoms with van der Waals surface area (Å²) in [5.74, 6) is 0. The first-order valence-electron chi connectivity index (χ1n) is 2.39. The fourth-order valence-electron chi connectivity index (χ4n) is 0.428. The second-order valence-corrected chi connectivity index (χ2v) is 3.82. The van der Waals surface area contributed by atoms with Crippen molar-refractivity contribution in [3.05, 3.63) is 0 Å². The summed E-state index contributed by atoms with van der Waals surface area (Å²) in [7, 11) is -2.97. The largest absolute Gasteiger partial charge is 0.213 e. The molecule has 0 atom stereocenters. The molecule has 0 aliphatic rings. The van der Waals surface area contributed by atoms with Gasteiger partial charge in [0, 0.05) is 6.04 Å². The van der Waals surface area contributed by atoms with E-state index in [1.165, 1.54) is 0 Å². The van der Waals surface area contributed by atoms with Crippen molar-refractivity contribution in [2.75, 3.05) is 6.26 Å². The van der Waals surface area contributed by atoms with E-state index in [-0.39, 0.29) is 13.5 Å². The first-order valence-corrected chi connectivity index (χ1v) is 4.28. The Kier molecular flexibility index (Phi) is 4.99. The van der Waals surface area contributed by atoms with Crippen LogP contribution in [-0.4, -0.2) is 20.7 Å². The molecule has 0 fully saturated rings. The standard InChI is InChI=1S/C4H11NO2S.CH4/c1-4(2)5-8(3,6)7;/h4-5H,1-3H3;1H4. The molecule has 3 nitrogen and oxygen atoms in total. The van der Waals surface area contributed by atoms with Crippen molar-refractivity contribution < 1.29 is 8.42 Å². The summed E-state index contributed by atoms with van der Waals surface area (Å²) in [4.78, 5) is 0. The number of sulfonamides is 1. The molecule has 0 bridgehead atoms. The molecule has 4 heteroatoms. The number of rotatable bonds is 2. The van der Waals surface area contributed by atoms with Crippen LogP contribution in [-0.2, 0) is 10.0 Å². The lowest BCUT2D eigenvalue weighted by molar-refractivity contribution is 0.576. The predicted molar refractivity (Wildman–Crippen MR) is 39.8 cm³/mol. The van der Waals surface area contributed by atoms with Crippen LogP contribution in [0.3, 0.4) is 0 Å². The zero-order valence-corrected chi connectivity index (χ0v) is 6.12. The van der Waals surface area contributed by atoms with E-state index in [0.717, 1.165) is 6.26 Å². The lowest BCUT2D eigenvalue weighted by atomic mass is 10.4. The molecule has 0 amide bonds. The van der Waals surface area contributed by atoms with Crippen LogP contribution in [0.25, 0.3) is 0 Å². The van der Waals surface area contributed by atoms with Crippen molar-refractivity contribution in [2.24, 2.45) is 0 Å². The number of hydrogen-bond donors (Lipinski definition) is 1. The molecule has 0 radical (unpaired) electrons. The summed E-state index contributed by atoms with van der Waals surface area (Å²) in [6.45, 7) is 3.56. The Bertz CT molecular complexity index is 148. The molecule has 0 spiro atoms. The molecule has 0 saturated carbocycles. The van der Waals surface area contributed by atoms with E-state index >= 15 is 0 Å². The van der Waals surface area contributed by atoms with Crippen LogP contribution in [0.2, 0.25) is 0 Å². The van der Waals surface area contributed by atoms with E-state index in [9.17, 15) is 8.42 Å². The molecule has 0 saturated heterocycles. The molecule has 0 aromatic carbocycles. The van der Waals surface area contributed by atoms with Crippen molar-refractivity contribution in [1.82, 2.24) is 4.72 Å². The predicted octanol–water partition coefficient (Wildman–Crippen LogP) is 0.580. The minimum absolute atomic E-state index is 0. The van der Waals surface area contributed by atoms with Gasteiger partial charge >= 0.3 is 0 Å². The highest BCUT2D eigenvalue weighted by atomic mass is 32.2. The van der Waals surface area contributed by atoms with Gasteiger partial charge in [-0.1, -0.05) is 7.43 Å². The quantitative estimate of drug-likeness (QED) is 0.630. The minimum Gasteiger partial charge on any atom is -0.213 e. The summed E-state index contributed by atoms with van der Waals surface area (Å²) in [5, 5.41) is 0. The van der Waals surface area contributed by atoms with Gasteiger partial charge in [-0.25, -0.2) is 13.1 Å². The highest BCUT2D eigenvalue weighted by Gasteiger charge is 2.00. The summed E-state index contributed by atoms with van der Waals surface area (Å²) >= 11 is 0. The van der Waals surface area contributed by atoms with Crippen molar-refractivity contribution >= 4 is 10.0 Å². The Morgan fingerprint density at radius 1 is 1.33 bits per heavy atom. The van der Waals surface area contributed by atoms with E-state index in [1.54, 1.807) is 13.8 Å². The summed E-state index contributed by atoms with van der Waals surface area (Å²) in [6, 6.07) is 0.00463. The molecule has 0 unspecified atom stereocenters. The average molecular weight is 153 g/mol. The maximum absolute atomic E-state index is 10.3. The third-order valence-corrected chi connectivity index (χ3v) is 1.35. The lowest BCUT2D eigenvalue weighted by Crippen LogP contribution is -2.28. The first kappa shape index (κ1) is 11.7. The van der Waals surface area contributed by atoms with Crippen LogP contribution >= 0.6 is 0 Å². The van der Waals surface area contributed by atoms with Crippen LogP contribution in [0.4, 0.5) is 0 Å². The van der Waals surface area contributed by atoms with Gasteiger partial charge in [0.15, 0.2) is 0 Å². The second-order valence-electron chi connectivity index (χ2n) is 2.04. The van der Waals surface area contributed by atoms with Gasteiger partial charge in [-0.15, -0.1) is 0 Å². The summed E-state index contributed by atoms with van der Waals surface area (Å²) in [6.07, 6.45) is 1.15. The lowest BCUT2D eigenvalue weighted by Gasteiger charge is -2.02. The molecular weight excluding hydrogens is 138 g/mol. The maximum Gasteiger partial charge on any atom is 0.208 e. The van der Waals surface area contributed by atoms with Crippen molar-refractivity contribution in [2.45, 2.75) is 27.3 Å². The zero-order valence-electron chi connectivity index (χ0n) is 5.30. The number of hydrogen-bond acceptors (Lipinski definition) is 2. The normalized spacial score (nSPS) is 11.1. The van der Waals surface area contributed by atoms with Crippen molar-refractivity contribution in [3.63, 3.8) is 0 Å². The molecule has 0 aliphatic carbocycles. The SMILES string of the molecule is C.CC(C)NS(C)(=O)=O. The third kappa shape index (κ3) is 11.5. The van der Waals surface area contributed by atoms with E-state index in [4.69, 9.17) is 0 Å². The molecule has 0 aromatic rings. The van der Waals surface area contributed by atoms with Gasteiger partial charge in [0.1, 0.15) is 0 Å². The summed E-state index contributed by atoms with van der Waals surface area (Å²) in [5.41, 5.74) is 0. The Hall–Kier alpha value is -0.0900. The smallest absolute Gasteiger partial charge is 0.208 e. The monoisotopic (exact) mass is 153 g/mol. The van der Waals surface area contributed by atoms with Gasteiger partial charge < -0.3 is 0 Å². The topological polar surface area (TPSA) is 46.2 Å². The van der Waals surface area contributed by atoms with Gasteiger partial charge in [0.05, 0.1) is 6.26 Å². The van der Waals surface area contributed by atoms with Gasteiger partial charge in [-0.05, 0) is 13.8 Å². The van der Waals surface area contributed by atoms with E-state index in [0.29, 0.717) is 0 Å². The Morgan fingerprint density at radius 2 is 1.67 bits per heavy atom. The molecule has 0 rings (SSSR count). The zero-order chi connectivity index (χ0) is 6.78. The van der Waals surface area contributed by atoms with E-state index in [1.807, 2.05) is 0 Å². The van der Waals surface area contributed by atoms with Gasteiger partial charge in [0.2, 0.25) is 10.0 Å². The molecule has 0 aromatic heterocycles. The third-order valence-electron chi connectivity index (χ3n) is 0.450. The van der Waals surface area contributed by atoms with Gasteiger partial charge in [-0.3, -0.25) is 0 Å². The Morgan fingerprint density at radius 3 is 1.67 bits per heavy atom. The highest BCUT2D eigenvalue weighted by Crippen LogP contribution is 1.79. The first-order chi connectivity index (χ1) is 3.42. The van der Waals surface area contributed by atoms with Crippen molar-refractivity contribution in [3.8, 4) is 0 Å². The number of nitrogens with one attached hydrogen (secondary N) is 1. The molecule has 9 heavy (non-hydrogen) atoms. The molecule has 0 heterocycles. The molecule has 58 valence electrons. The molecule has 1 N–H and O–H groups in total. The van der Waals surface area contributed by atoms with Gasteiger partial charge in [-0.2, -0.15) is 0 Å².